The predicted octanol–water partition coefficient (Wildman–Crippen LogP) is 2.27. The second-order valence-electron chi connectivity index (χ2n) is 7.30. The van der Waals surface area contributed by atoms with Gasteiger partial charge in [-0.2, -0.15) is 5.10 Å². The molecule has 4 rings (SSSR count). The third-order valence-electron chi connectivity index (χ3n) is 5.38. The number of ether oxygens (including phenoxy) is 2. The molecule has 0 bridgehead atoms. The van der Waals surface area contributed by atoms with Crippen molar-refractivity contribution in [2.75, 3.05) is 26.3 Å². The van der Waals surface area contributed by atoms with Gasteiger partial charge in [-0.05, 0) is 25.3 Å². The molecule has 2 atom stereocenters. The molecule has 0 aromatic carbocycles. The van der Waals surface area contributed by atoms with Gasteiger partial charge in [0.1, 0.15) is 0 Å². The molecule has 25 heavy (non-hydrogen) atoms. The lowest BCUT2D eigenvalue weighted by Gasteiger charge is -2.50. The highest BCUT2D eigenvalue weighted by Gasteiger charge is 2.46. The highest BCUT2D eigenvalue weighted by molar-refractivity contribution is 5.10. The molecule has 2 aliphatic heterocycles. The van der Waals surface area contributed by atoms with E-state index in [1.54, 1.807) is 6.20 Å². The molecule has 2 saturated heterocycles. The number of aromatic nitrogens is 3. The summed E-state index contributed by atoms with van der Waals surface area (Å²) in [5.74, 6) is 0.700. The van der Waals surface area contributed by atoms with Crippen LogP contribution < -0.4 is 4.74 Å². The van der Waals surface area contributed by atoms with Crippen molar-refractivity contribution in [3.05, 3.63) is 42.4 Å². The van der Waals surface area contributed by atoms with Gasteiger partial charge in [0, 0.05) is 62.7 Å². The topological polar surface area (TPSA) is 52.4 Å². The maximum absolute atomic E-state index is 6.13. The van der Waals surface area contributed by atoms with Crippen LogP contribution in [-0.4, -0.2) is 52.1 Å². The summed E-state index contributed by atoms with van der Waals surface area (Å²) in [5, 5.41) is 4.29. The molecule has 0 spiro atoms. The minimum absolute atomic E-state index is 0.0518. The van der Waals surface area contributed by atoms with E-state index in [2.05, 4.69) is 21.2 Å². The number of piperidine rings is 1. The van der Waals surface area contributed by atoms with E-state index in [-0.39, 0.29) is 11.5 Å². The first kappa shape index (κ1) is 16.5. The molecule has 0 amide bonds. The van der Waals surface area contributed by atoms with Crippen molar-refractivity contribution in [3.8, 4) is 5.88 Å². The first-order valence-electron chi connectivity index (χ1n) is 9.09. The molecule has 6 heteroatoms. The van der Waals surface area contributed by atoms with E-state index < -0.39 is 0 Å². The quantitative estimate of drug-likeness (QED) is 0.834. The normalized spacial score (nSPS) is 27.0. The van der Waals surface area contributed by atoms with Gasteiger partial charge in [-0.15, -0.1) is 0 Å². The van der Waals surface area contributed by atoms with E-state index in [1.807, 2.05) is 36.1 Å². The third kappa shape index (κ3) is 3.70. The number of fused-ring (bicyclic) bond motifs is 1. The van der Waals surface area contributed by atoms with E-state index in [0.29, 0.717) is 12.5 Å². The van der Waals surface area contributed by atoms with Gasteiger partial charge in [0.25, 0.3) is 0 Å². The zero-order valence-corrected chi connectivity index (χ0v) is 14.8. The van der Waals surface area contributed by atoms with E-state index in [0.717, 1.165) is 45.5 Å². The highest BCUT2D eigenvalue weighted by atomic mass is 16.5. The van der Waals surface area contributed by atoms with Gasteiger partial charge in [-0.1, -0.05) is 6.07 Å². The summed E-state index contributed by atoms with van der Waals surface area (Å²) >= 11 is 0. The molecule has 2 unspecified atom stereocenters. The Labute approximate surface area is 148 Å². The van der Waals surface area contributed by atoms with Crippen LogP contribution in [0.1, 0.15) is 24.8 Å². The van der Waals surface area contributed by atoms with Crippen molar-refractivity contribution in [3.63, 3.8) is 0 Å². The molecular weight excluding hydrogens is 316 g/mol. The number of pyridine rings is 1. The lowest BCUT2D eigenvalue weighted by atomic mass is 9.73. The Hall–Kier alpha value is -1.92. The van der Waals surface area contributed by atoms with Crippen LogP contribution in [0.5, 0.6) is 5.88 Å². The Morgan fingerprint density at radius 2 is 2.36 bits per heavy atom. The predicted molar refractivity (Wildman–Crippen MR) is 94.2 cm³/mol. The van der Waals surface area contributed by atoms with E-state index in [4.69, 9.17) is 9.47 Å². The molecule has 2 aliphatic rings. The maximum Gasteiger partial charge on any atom is 0.213 e. The number of hydrogen-bond acceptors (Lipinski definition) is 5. The van der Waals surface area contributed by atoms with Crippen molar-refractivity contribution in [2.45, 2.75) is 31.9 Å². The summed E-state index contributed by atoms with van der Waals surface area (Å²) in [4.78, 5) is 6.82. The molecule has 0 radical (unpaired) electrons. The Morgan fingerprint density at radius 3 is 3.16 bits per heavy atom. The van der Waals surface area contributed by atoms with E-state index in [1.165, 1.54) is 5.56 Å². The van der Waals surface area contributed by atoms with E-state index in [9.17, 15) is 0 Å². The van der Waals surface area contributed by atoms with Crippen LogP contribution in [0.3, 0.4) is 0 Å². The molecule has 6 nitrogen and oxygen atoms in total. The van der Waals surface area contributed by atoms with Gasteiger partial charge in [0.2, 0.25) is 5.88 Å². The monoisotopic (exact) mass is 342 g/mol. The summed E-state index contributed by atoms with van der Waals surface area (Å²) in [6.45, 7) is 4.53. The van der Waals surface area contributed by atoms with Crippen LogP contribution in [0.25, 0.3) is 0 Å². The maximum atomic E-state index is 6.13. The molecule has 2 aromatic heterocycles. The van der Waals surface area contributed by atoms with Gasteiger partial charge >= 0.3 is 0 Å². The molecule has 134 valence electrons. The summed E-state index contributed by atoms with van der Waals surface area (Å²) in [7, 11) is 1.97. The summed E-state index contributed by atoms with van der Waals surface area (Å²) in [6.07, 6.45) is 9.43. The lowest BCUT2D eigenvalue weighted by Crippen LogP contribution is -2.57. The first-order valence-corrected chi connectivity index (χ1v) is 9.09. The molecule has 2 aromatic rings. The van der Waals surface area contributed by atoms with Crippen molar-refractivity contribution in [1.29, 1.82) is 0 Å². The SMILES string of the molecule is Cn1cc(CN2CCC3OCCCC3(COc3ccccn3)C2)cn1. The van der Waals surface area contributed by atoms with Crippen LogP contribution in [0.15, 0.2) is 36.8 Å². The average molecular weight is 342 g/mol. The summed E-state index contributed by atoms with van der Waals surface area (Å²) in [5.41, 5.74) is 1.31. The fourth-order valence-electron chi connectivity index (χ4n) is 4.19. The Bertz CT molecular complexity index is 690. The minimum atomic E-state index is 0.0518. The van der Waals surface area contributed by atoms with Gasteiger partial charge < -0.3 is 9.47 Å². The van der Waals surface area contributed by atoms with Crippen molar-refractivity contribution < 1.29 is 9.47 Å². The van der Waals surface area contributed by atoms with Crippen LogP contribution in [-0.2, 0) is 18.3 Å². The largest absolute Gasteiger partial charge is 0.477 e. The Morgan fingerprint density at radius 1 is 1.40 bits per heavy atom. The van der Waals surface area contributed by atoms with Gasteiger partial charge in [-0.3, -0.25) is 9.58 Å². The Balaban J connectivity index is 1.46. The van der Waals surface area contributed by atoms with Crippen molar-refractivity contribution in [2.24, 2.45) is 12.5 Å². The van der Waals surface area contributed by atoms with Crippen LogP contribution >= 0.6 is 0 Å². The zero-order valence-electron chi connectivity index (χ0n) is 14.8. The second kappa shape index (κ2) is 7.14. The lowest BCUT2D eigenvalue weighted by molar-refractivity contribution is -0.141. The summed E-state index contributed by atoms with van der Waals surface area (Å²) < 4.78 is 14.1. The molecule has 2 fully saturated rings. The van der Waals surface area contributed by atoms with Crippen molar-refractivity contribution >= 4 is 0 Å². The van der Waals surface area contributed by atoms with Gasteiger partial charge in [-0.25, -0.2) is 4.98 Å². The number of aryl methyl sites for hydroxylation is 1. The first-order chi connectivity index (χ1) is 12.2. The van der Waals surface area contributed by atoms with Gasteiger partial charge in [0.15, 0.2) is 0 Å². The molecule has 0 saturated carbocycles. The average Bonchev–Trinajstić information content (AvgIpc) is 3.05. The molecule has 0 aliphatic carbocycles. The van der Waals surface area contributed by atoms with Crippen LogP contribution in [0.2, 0.25) is 0 Å². The molecular formula is C19H26N4O2. The third-order valence-corrected chi connectivity index (χ3v) is 5.38. The highest BCUT2D eigenvalue weighted by Crippen LogP contribution is 2.40. The molecule has 4 heterocycles. The zero-order chi connectivity index (χ0) is 17.1. The Kier molecular flexibility index (Phi) is 4.72. The van der Waals surface area contributed by atoms with Crippen LogP contribution in [0, 0.1) is 5.41 Å². The van der Waals surface area contributed by atoms with Crippen LogP contribution in [0.4, 0.5) is 0 Å². The number of nitrogens with zero attached hydrogens (tertiary/aromatic N) is 4. The molecule has 0 N–H and O–H groups in total. The second-order valence-corrected chi connectivity index (χ2v) is 7.30. The fourth-order valence-corrected chi connectivity index (χ4v) is 4.19. The number of likely N-dealkylation sites (tertiary alicyclic amines) is 1. The minimum Gasteiger partial charge on any atom is -0.477 e. The number of rotatable bonds is 5. The summed E-state index contributed by atoms with van der Waals surface area (Å²) in [6, 6.07) is 5.80. The van der Waals surface area contributed by atoms with Gasteiger partial charge in [0.05, 0.1) is 18.9 Å². The van der Waals surface area contributed by atoms with E-state index >= 15 is 0 Å². The smallest absolute Gasteiger partial charge is 0.213 e. The van der Waals surface area contributed by atoms with Crippen molar-refractivity contribution in [1.82, 2.24) is 19.7 Å². The number of hydrogen-bond donors (Lipinski definition) is 0. The fraction of sp³-hybridized carbons (Fsp3) is 0.579. The standard InChI is InChI=1S/C19H26N4O2/c1-22-12-16(11-21-22)13-23-9-6-17-19(14-23,7-4-10-24-17)15-25-18-5-2-3-8-20-18/h2-3,5,8,11-12,17H,4,6-7,9-10,13-15H2,1H3.